The van der Waals surface area contributed by atoms with Crippen LogP contribution in [0.25, 0.3) is 10.2 Å². The molecule has 28 heavy (non-hydrogen) atoms. The molecule has 1 saturated carbocycles. The summed E-state index contributed by atoms with van der Waals surface area (Å²) in [7, 11) is 0. The van der Waals surface area contributed by atoms with E-state index in [9.17, 15) is 4.79 Å². The molecule has 1 saturated heterocycles. The Kier molecular flexibility index (Phi) is 4.61. The molecule has 0 unspecified atom stereocenters. The Morgan fingerprint density at radius 1 is 1.14 bits per heavy atom. The number of rotatable bonds is 4. The van der Waals surface area contributed by atoms with Crippen molar-refractivity contribution in [1.29, 1.82) is 0 Å². The third-order valence-corrected chi connectivity index (χ3v) is 7.11. The molecule has 144 valence electrons. The average Bonchev–Trinajstić information content (AvgIpc) is 3.42. The maximum atomic E-state index is 13.0. The monoisotopic (exact) mass is 457 g/mol. The van der Waals surface area contributed by atoms with Crippen LogP contribution in [-0.2, 0) is 14.9 Å². The minimum Gasteiger partial charge on any atom is -0.378 e. The van der Waals surface area contributed by atoms with E-state index in [0.29, 0.717) is 0 Å². The first-order valence-corrected chi connectivity index (χ1v) is 11.1. The Bertz CT molecular complexity index is 1020. The predicted octanol–water partition coefficient (Wildman–Crippen LogP) is 4.57. The third-order valence-electron chi connectivity index (χ3n) is 5.50. The highest BCUT2D eigenvalue weighted by Gasteiger charge is 2.51. The van der Waals surface area contributed by atoms with E-state index in [1.807, 2.05) is 42.5 Å². The molecule has 5 nitrogen and oxygen atoms in total. The van der Waals surface area contributed by atoms with Crippen LogP contribution in [0.15, 0.2) is 46.9 Å². The van der Waals surface area contributed by atoms with E-state index in [1.165, 1.54) is 0 Å². The van der Waals surface area contributed by atoms with Crippen molar-refractivity contribution < 1.29 is 9.53 Å². The van der Waals surface area contributed by atoms with Crippen molar-refractivity contribution in [3.05, 3.63) is 52.5 Å². The molecule has 7 heteroatoms. The van der Waals surface area contributed by atoms with Crippen molar-refractivity contribution >= 4 is 54.2 Å². The predicted molar refractivity (Wildman–Crippen MR) is 116 cm³/mol. The topological polar surface area (TPSA) is 54.5 Å². The van der Waals surface area contributed by atoms with Gasteiger partial charge in [-0.05, 0) is 48.7 Å². The molecule has 2 fully saturated rings. The number of anilines is 2. The van der Waals surface area contributed by atoms with Gasteiger partial charge in [-0.1, -0.05) is 39.4 Å². The lowest BCUT2D eigenvalue weighted by Crippen LogP contribution is -2.36. The van der Waals surface area contributed by atoms with Gasteiger partial charge in [0.2, 0.25) is 5.91 Å². The second-order valence-electron chi connectivity index (χ2n) is 7.32. The van der Waals surface area contributed by atoms with Crippen LogP contribution >= 0.6 is 27.3 Å². The second kappa shape index (κ2) is 7.13. The van der Waals surface area contributed by atoms with Gasteiger partial charge in [0, 0.05) is 23.2 Å². The van der Waals surface area contributed by atoms with Gasteiger partial charge in [-0.2, -0.15) is 0 Å². The Morgan fingerprint density at radius 3 is 2.61 bits per heavy atom. The lowest BCUT2D eigenvalue weighted by atomic mass is 9.95. The summed E-state index contributed by atoms with van der Waals surface area (Å²) >= 11 is 5.13. The van der Waals surface area contributed by atoms with Gasteiger partial charge in [0.05, 0.1) is 28.8 Å². The average molecular weight is 458 g/mol. The number of nitrogens with one attached hydrogen (secondary N) is 1. The second-order valence-corrected chi connectivity index (χ2v) is 9.25. The molecular formula is C21H20BrN3O2S. The lowest BCUT2D eigenvalue weighted by molar-refractivity contribution is -0.118. The van der Waals surface area contributed by atoms with E-state index < -0.39 is 0 Å². The van der Waals surface area contributed by atoms with Crippen LogP contribution in [0.4, 0.5) is 10.8 Å². The summed E-state index contributed by atoms with van der Waals surface area (Å²) in [6, 6.07) is 14.0. The Hall–Kier alpha value is -1.96. The van der Waals surface area contributed by atoms with E-state index in [-0.39, 0.29) is 11.3 Å². The molecular weight excluding hydrogens is 438 g/mol. The van der Waals surface area contributed by atoms with Crippen molar-refractivity contribution in [3.8, 4) is 0 Å². The molecule has 1 aromatic heterocycles. The van der Waals surface area contributed by atoms with Crippen LogP contribution in [-0.4, -0.2) is 37.2 Å². The number of hydrogen-bond donors (Lipinski definition) is 1. The Balaban J connectivity index is 1.36. The van der Waals surface area contributed by atoms with Crippen molar-refractivity contribution in [2.75, 3.05) is 36.5 Å². The van der Waals surface area contributed by atoms with Gasteiger partial charge in [-0.3, -0.25) is 4.79 Å². The number of amides is 1. The molecule has 0 spiro atoms. The van der Waals surface area contributed by atoms with Gasteiger partial charge in [0.25, 0.3) is 0 Å². The highest BCUT2D eigenvalue weighted by Crippen LogP contribution is 2.49. The van der Waals surface area contributed by atoms with E-state index >= 15 is 0 Å². The van der Waals surface area contributed by atoms with Crippen molar-refractivity contribution in [1.82, 2.24) is 4.98 Å². The lowest BCUT2D eigenvalue weighted by Gasteiger charge is -2.25. The summed E-state index contributed by atoms with van der Waals surface area (Å²) < 4.78 is 7.54. The molecule has 1 amide bonds. The number of carbonyl (C=O) groups is 1. The summed E-state index contributed by atoms with van der Waals surface area (Å²) in [5, 5.41) is 4.16. The van der Waals surface area contributed by atoms with Crippen LogP contribution in [0.5, 0.6) is 0 Å². The van der Waals surface area contributed by atoms with Gasteiger partial charge >= 0.3 is 0 Å². The van der Waals surface area contributed by atoms with Crippen molar-refractivity contribution in [2.24, 2.45) is 0 Å². The summed E-state index contributed by atoms with van der Waals surface area (Å²) in [5.74, 6) is 0.0760. The van der Waals surface area contributed by atoms with E-state index in [4.69, 9.17) is 9.72 Å². The first kappa shape index (κ1) is 18.1. The van der Waals surface area contributed by atoms with Crippen molar-refractivity contribution in [3.63, 3.8) is 0 Å². The van der Waals surface area contributed by atoms with Gasteiger partial charge < -0.3 is 15.0 Å². The van der Waals surface area contributed by atoms with E-state index in [1.54, 1.807) is 11.3 Å². The summed E-state index contributed by atoms with van der Waals surface area (Å²) in [4.78, 5) is 20.0. The SMILES string of the molecule is O=C(Nc1ccc2nc(N3CCOCC3)sc2c1)C1(c2ccc(Br)cc2)CC1. The molecule has 1 aliphatic heterocycles. The minimum atomic E-state index is -0.387. The van der Waals surface area contributed by atoms with Crippen molar-refractivity contribution in [2.45, 2.75) is 18.3 Å². The quantitative estimate of drug-likeness (QED) is 0.623. The Morgan fingerprint density at radius 2 is 1.89 bits per heavy atom. The molecule has 1 aliphatic carbocycles. The van der Waals surface area contributed by atoms with Crippen LogP contribution in [0, 0.1) is 0 Å². The fourth-order valence-corrected chi connectivity index (χ4v) is 4.99. The van der Waals surface area contributed by atoms with Gasteiger partial charge in [-0.15, -0.1) is 0 Å². The van der Waals surface area contributed by atoms with Crippen LogP contribution in [0.3, 0.4) is 0 Å². The fraction of sp³-hybridized carbons (Fsp3) is 0.333. The number of thiazole rings is 1. The van der Waals surface area contributed by atoms with Crippen LogP contribution in [0.2, 0.25) is 0 Å². The molecule has 2 aromatic carbocycles. The molecule has 1 N–H and O–H groups in total. The number of ether oxygens (including phenoxy) is 1. The number of benzene rings is 2. The normalized spacial score (nSPS) is 18.2. The zero-order valence-corrected chi connectivity index (χ0v) is 17.7. The number of halogens is 1. The zero-order chi connectivity index (χ0) is 19.1. The molecule has 0 radical (unpaired) electrons. The standard InChI is InChI=1S/C21H20BrN3O2S/c22-15-3-1-14(2-4-15)21(7-8-21)19(26)23-16-5-6-17-18(13-16)28-20(24-17)25-9-11-27-12-10-25/h1-6,13H,7-12H2,(H,23,26). The molecule has 2 heterocycles. The fourth-order valence-electron chi connectivity index (χ4n) is 3.67. The summed E-state index contributed by atoms with van der Waals surface area (Å²) in [5.41, 5.74) is 2.50. The molecule has 5 rings (SSSR count). The maximum Gasteiger partial charge on any atom is 0.235 e. The first-order chi connectivity index (χ1) is 13.6. The van der Waals surface area contributed by atoms with Gasteiger partial charge in [0.15, 0.2) is 5.13 Å². The number of aromatic nitrogens is 1. The van der Waals surface area contributed by atoms with Gasteiger partial charge in [0.1, 0.15) is 0 Å². The molecule has 0 bridgehead atoms. The highest BCUT2D eigenvalue weighted by atomic mass is 79.9. The molecule has 3 aromatic rings. The highest BCUT2D eigenvalue weighted by molar-refractivity contribution is 9.10. The Labute approximate surface area is 175 Å². The molecule has 2 aliphatic rings. The number of carbonyl (C=O) groups excluding carboxylic acids is 1. The number of hydrogen-bond acceptors (Lipinski definition) is 5. The van der Waals surface area contributed by atoms with E-state index in [0.717, 1.165) is 70.2 Å². The third kappa shape index (κ3) is 3.32. The van der Waals surface area contributed by atoms with Crippen LogP contribution < -0.4 is 10.2 Å². The smallest absolute Gasteiger partial charge is 0.235 e. The number of fused-ring (bicyclic) bond motifs is 1. The van der Waals surface area contributed by atoms with Crippen LogP contribution in [0.1, 0.15) is 18.4 Å². The summed E-state index contributed by atoms with van der Waals surface area (Å²) in [6.45, 7) is 3.24. The van der Waals surface area contributed by atoms with Gasteiger partial charge in [-0.25, -0.2) is 4.98 Å². The first-order valence-electron chi connectivity index (χ1n) is 9.45. The zero-order valence-electron chi connectivity index (χ0n) is 15.3. The number of nitrogens with zero attached hydrogens (tertiary/aromatic N) is 2. The largest absolute Gasteiger partial charge is 0.378 e. The number of morpholine rings is 1. The minimum absolute atomic E-state index is 0.0760. The summed E-state index contributed by atoms with van der Waals surface area (Å²) in [6.07, 6.45) is 1.79. The maximum absolute atomic E-state index is 13.0. The van der Waals surface area contributed by atoms with E-state index in [2.05, 4.69) is 26.1 Å². The molecule has 0 atom stereocenters.